The van der Waals surface area contributed by atoms with Crippen molar-refractivity contribution in [3.63, 3.8) is 0 Å². The van der Waals surface area contributed by atoms with Gasteiger partial charge in [0.1, 0.15) is 6.61 Å². The van der Waals surface area contributed by atoms with Gasteiger partial charge in [0.05, 0.1) is 25.7 Å². The molecule has 0 amide bonds. The predicted molar refractivity (Wildman–Crippen MR) is 89.8 cm³/mol. The Labute approximate surface area is 136 Å². The average molecular weight is 316 g/mol. The molecule has 2 unspecified atom stereocenters. The molecule has 0 aliphatic heterocycles. The van der Waals surface area contributed by atoms with Crippen molar-refractivity contribution < 1.29 is 19.4 Å². The lowest BCUT2D eigenvalue weighted by Gasteiger charge is -2.21. The molecule has 0 spiro atoms. The summed E-state index contributed by atoms with van der Waals surface area (Å²) in [5.74, 6) is 0.579. The molecular weight excluding hydrogens is 280 g/mol. The fourth-order valence-corrected chi connectivity index (χ4v) is 2.65. The molecule has 0 rings (SSSR count). The van der Waals surface area contributed by atoms with Gasteiger partial charge in [-0.25, -0.2) is 0 Å². The summed E-state index contributed by atoms with van der Waals surface area (Å²) >= 11 is 0. The number of hydrogen-bond donors (Lipinski definition) is 1. The summed E-state index contributed by atoms with van der Waals surface area (Å²) in [4.78, 5) is 12.3. The van der Waals surface area contributed by atoms with Crippen molar-refractivity contribution in [3.05, 3.63) is 0 Å². The first-order valence-corrected chi connectivity index (χ1v) is 9.04. The van der Waals surface area contributed by atoms with Crippen molar-refractivity contribution in [3.8, 4) is 0 Å². The minimum absolute atomic E-state index is 0.00266. The molecule has 2 atom stereocenters. The highest BCUT2D eigenvalue weighted by molar-refractivity contribution is 5.72. The van der Waals surface area contributed by atoms with E-state index in [1.54, 1.807) is 0 Å². The summed E-state index contributed by atoms with van der Waals surface area (Å²) in [6, 6.07) is 0. The van der Waals surface area contributed by atoms with E-state index in [1.807, 2.05) is 0 Å². The Bertz CT molecular complexity index is 255. The van der Waals surface area contributed by atoms with E-state index in [0.29, 0.717) is 19.1 Å². The van der Waals surface area contributed by atoms with Crippen molar-refractivity contribution in [2.75, 3.05) is 26.4 Å². The van der Waals surface area contributed by atoms with E-state index in [-0.39, 0.29) is 25.1 Å². The average Bonchev–Trinajstić information content (AvgIpc) is 2.54. The molecule has 0 bridgehead atoms. The zero-order chi connectivity index (χ0) is 16.6. The smallest absolute Gasteiger partial charge is 0.309 e. The Kier molecular flexibility index (Phi) is 14.9. The SMILES string of the molecule is CCCCC(CC)CC(CCCC)C(=O)OCCOCCO. The number of aliphatic hydroxyl groups is 1. The number of aliphatic hydroxyl groups excluding tert-OH is 1. The van der Waals surface area contributed by atoms with Gasteiger partial charge in [-0.3, -0.25) is 4.79 Å². The molecule has 0 aromatic rings. The summed E-state index contributed by atoms with van der Waals surface area (Å²) in [6.07, 6.45) is 8.85. The molecule has 0 radical (unpaired) electrons. The highest BCUT2D eigenvalue weighted by atomic mass is 16.6. The van der Waals surface area contributed by atoms with Crippen molar-refractivity contribution in [2.45, 2.75) is 72.1 Å². The maximum absolute atomic E-state index is 12.3. The summed E-state index contributed by atoms with van der Waals surface area (Å²) in [6.45, 7) is 7.52. The van der Waals surface area contributed by atoms with Gasteiger partial charge in [-0.1, -0.05) is 59.3 Å². The number of carbonyl (C=O) groups is 1. The molecule has 0 aromatic heterocycles. The molecule has 22 heavy (non-hydrogen) atoms. The van der Waals surface area contributed by atoms with Crippen LogP contribution in [0.3, 0.4) is 0 Å². The molecule has 1 N–H and O–H groups in total. The van der Waals surface area contributed by atoms with Crippen LogP contribution in [0.1, 0.15) is 72.1 Å². The second-order valence-corrected chi connectivity index (χ2v) is 5.99. The van der Waals surface area contributed by atoms with Crippen molar-refractivity contribution >= 4 is 5.97 Å². The van der Waals surface area contributed by atoms with Crippen LogP contribution in [0.4, 0.5) is 0 Å². The number of esters is 1. The van der Waals surface area contributed by atoms with Gasteiger partial charge in [-0.05, 0) is 18.8 Å². The third-order valence-corrected chi connectivity index (χ3v) is 4.11. The zero-order valence-corrected chi connectivity index (χ0v) is 14.8. The van der Waals surface area contributed by atoms with Crippen molar-refractivity contribution in [1.29, 1.82) is 0 Å². The number of rotatable bonds is 15. The summed E-state index contributed by atoms with van der Waals surface area (Å²) in [5.41, 5.74) is 0. The molecule has 0 aliphatic carbocycles. The van der Waals surface area contributed by atoms with Crippen LogP contribution in [0, 0.1) is 11.8 Å². The number of carbonyl (C=O) groups excluding carboxylic acids is 1. The standard InChI is InChI=1S/C18H36O4/c1-4-7-9-16(6-3)15-17(10-8-5-2)18(20)22-14-13-21-12-11-19/h16-17,19H,4-15H2,1-3H3. The molecule has 0 saturated heterocycles. The molecule has 132 valence electrons. The first kappa shape index (κ1) is 21.4. The van der Waals surface area contributed by atoms with Crippen LogP contribution < -0.4 is 0 Å². The Morgan fingerprint density at radius 3 is 2.27 bits per heavy atom. The maximum atomic E-state index is 12.3. The molecule has 0 aliphatic rings. The van der Waals surface area contributed by atoms with Crippen LogP contribution >= 0.6 is 0 Å². The molecular formula is C18H36O4. The van der Waals surface area contributed by atoms with E-state index in [4.69, 9.17) is 14.6 Å². The van der Waals surface area contributed by atoms with Crippen LogP contribution in [-0.4, -0.2) is 37.5 Å². The molecule has 0 aromatic carbocycles. The van der Waals surface area contributed by atoms with Gasteiger partial charge < -0.3 is 14.6 Å². The monoisotopic (exact) mass is 316 g/mol. The van der Waals surface area contributed by atoms with Gasteiger partial charge in [0, 0.05) is 0 Å². The van der Waals surface area contributed by atoms with Crippen molar-refractivity contribution in [1.82, 2.24) is 0 Å². The van der Waals surface area contributed by atoms with Gasteiger partial charge in [0.15, 0.2) is 0 Å². The fourth-order valence-electron chi connectivity index (χ4n) is 2.65. The van der Waals surface area contributed by atoms with Crippen LogP contribution in [0.25, 0.3) is 0 Å². The Balaban J connectivity index is 4.24. The molecule has 4 heteroatoms. The molecule has 0 fully saturated rings. The second kappa shape index (κ2) is 15.3. The largest absolute Gasteiger partial charge is 0.463 e. The number of unbranched alkanes of at least 4 members (excludes halogenated alkanes) is 2. The molecule has 0 heterocycles. The number of hydrogen-bond acceptors (Lipinski definition) is 4. The van der Waals surface area contributed by atoms with Crippen molar-refractivity contribution in [2.24, 2.45) is 11.8 Å². The third-order valence-electron chi connectivity index (χ3n) is 4.11. The quantitative estimate of drug-likeness (QED) is 0.367. The third kappa shape index (κ3) is 11.0. The molecule has 4 nitrogen and oxygen atoms in total. The van der Waals surface area contributed by atoms with E-state index in [9.17, 15) is 4.79 Å². The first-order valence-electron chi connectivity index (χ1n) is 9.04. The van der Waals surface area contributed by atoms with Gasteiger partial charge >= 0.3 is 5.97 Å². The lowest BCUT2D eigenvalue weighted by molar-refractivity contribution is -0.151. The normalized spacial score (nSPS) is 13.8. The minimum atomic E-state index is -0.0732. The summed E-state index contributed by atoms with van der Waals surface area (Å²) < 4.78 is 10.5. The number of ether oxygens (including phenoxy) is 2. The van der Waals surface area contributed by atoms with Gasteiger partial charge in [-0.2, -0.15) is 0 Å². The minimum Gasteiger partial charge on any atom is -0.463 e. The van der Waals surface area contributed by atoms with E-state index >= 15 is 0 Å². The van der Waals surface area contributed by atoms with Crippen LogP contribution in [-0.2, 0) is 14.3 Å². The Morgan fingerprint density at radius 1 is 1.00 bits per heavy atom. The van der Waals surface area contributed by atoms with Gasteiger partial charge in [-0.15, -0.1) is 0 Å². The lowest BCUT2D eigenvalue weighted by atomic mass is 9.86. The highest BCUT2D eigenvalue weighted by Crippen LogP contribution is 2.26. The van der Waals surface area contributed by atoms with E-state index < -0.39 is 0 Å². The van der Waals surface area contributed by atoms with E-state index in [2.05, 4.69) is 20.8 Å². The Morgan fingerprint density at radius 2 is 1.68 bits per heavy atom. The van der Waals surface area contributed by atoms with Crippen LogP contribution in [0.2, 0.25) is 0 Å². The lowest BCUT2D eigenvalue weighted by Crippen LogP contribution is -2.23. The second-order valence-electron chi connectivity index (χ2n) is 5.99. The predicted octanol–water partition coefficient (Wildman–Crippen LogP) is 3.95. The Hall–Kier alpha value is -0.610. The van der Waals surface area contributed by atoms with E-state index in [0.717, 1.165) is 32.1 Å². The van der Waals surface area contributed by atoms with Crippen LogP contribution in [0.5, 0.6) is 0 Å². The summed E-state index contributed by atoms with van der Waals surface area (Å²) in [5, 5.41) is 8.62. The first-order chi connectivity index (χ1) is 10.7. The topological polar surface area (TPSA) is 55.8 Å². The summed E-state index contributed by atoms with van der Waals surface area (Å²) in [7, 11) is 0. The highest BCUT2D eigenvalue weighted by Gasteiger charge is 2.23. The fraction of sp³-hybridized carbons (Fsp3) is 0.944. The van der Waals surface area contributed by atoms with Gasteiger partial charge in [0.2, 0.25) is 0 Å². The van der Waals surface area contributed by atoms with E-state index in [1.165, 1.54) is 19.3 Å². The zero-order valence-electron chi connectivity index (χ0n) is 14.8. The maximum Gasteiger partial charge on any atom is 0.309 e. The van der Waals surface area contributed by atoms with Crippen LogP contribution in [0.15, 0.2) is 0 Å². The molecule has 0 saturated carbocycles. The van der Waals surface area contributed by atoms with Gasteiger partial charge in [0.25, 0.3) is 0 Å².